The Labute approximate surface area is 412 Å². The Morgan fingerprint density at radius 2 is 1.15 bits per heavy atom. The van der Waals surface area contributed by atoms with Crippen molar-refractivity contribution in [3.05, 3.63) is 201 Å². The summed E-state index contributed by atoms with van der Waals surface area (Å²) in [6, 6.07) is 29.6. The maximum absolute atomic E-state index is 14.2. The van der Waals surface area contributed by atoms with Gasteiger partial charge < -0.3 is 14.6 Å². The molecule has 4 heterocycles. The summed E-state index contributed by atoms with van der Waals surface area (Å²) >= 11 is 0. The largest absolute Gasteiger partial charge is 0.382 e. The van der Waals surface area contributed by atoms with Crippen LogP contribution in [0.15, 0.2) is 128 Å². The first-order valence-corrected chi connectivity index (χ1v) is 23.6. The van der Waals surface area contributed by atoms with E-state index in [1.807, 2.05) is 78.5 Å². The van der Waals surface area contributed by atoms with Gasteiger partial charge in [0.2, 0.25) is 0 Å². The molecule has 1 atom stereocenters. The Balaban J connectivity index is 0.000000164. The molecule has 2 saturated carbocycles. The molecule has 0 saturated heterocycles. The van der Waals surface area contributed by atoms with E-state index in [1.165, 1.54) is 76.9 Å². The van der Waals surface area contributed by atoms with Crippen LogP contribution >= 0.6 is 0 Å². The minimum Gasteiger partial charge on any atom is -0.382 e. The van der Waals surface area contributed by atoms with Crippen LogP contribution in [0.4, 0.5) is 26.3 Å². The molecule has 10 rings (SSSR count). The number of aliphatic hydroxyl groups is 1. The molecule has 376 valence electrons. The molecule has 18 heteroatoms. The Morgan fingerprint density at radius 1 is 0.625 bits per heavy atom. The third kappa shape index (κ3) is 13.8. The van der Waals surface area contributed by atoms with Gasteiger partial charge in [-0.2, -0.15) is 20.4 Å². The van der Waals surface area contributed by atoms with Gasteiger partial charge in [-0.15, -0.1) is 0 Å². The molecule has 0 spiro atoms. The zero-order valence-electron chi connectivity index (χ0n) is 39.7. The predicted octanol–water partition coefficient (Wildman–Crippen LogP) is 11.7. The van der Waals surface area contributed by atoms with Crippen LogP contribution in [0, 0.1) is 37.3 Å². The number of aldehydes is 1. The number of alkyl halides is 4. The van der Waals surface area contributed by atoms with Crippen LogP contribution in [0.5, 0.6) is 0 Å². The number of carbonyl (C=O) groups excluding carboxylic acids is 1. The van der Waals surface area contributed by atoms with Crippen molar-refractivity contribution in [1.29, 1.82) is 0 Å². The van der Waals surface area contributed by atoms with Crippen molar-refractivity contribution in [2.75, 3.05) is 0 Å². The zero-order chi connectivity index (χ0) is 50.7. The first-order valence-electron chi connectivity index (χ1n) is 23.6. The normalized spacial score (nSPS) is 13.7. The molecule has 1 unspecified atom stereocenters. The van der Waals surface area contributed by atoms with Crippen molar-refractivity contribution in [1.82, 2.24) is 39.1 Å². The van der Waals surface area contributed by atoms with E-state index in [0.29, 0.717) is 52.9 Å². The van der Waals surface area contributed by atoms with Gasteiger partial charge >= 0.3 is 0 Å². The molecule has 0 radical (unpaired) electrons. The van der Waals surface area contributed by atoms with E-state index < -0.39 is 36.3 Å². The van der Waals surface area contributed by atoms with E-state index in [0.717, 1.165) is 60.5 Å². The maximum Gasteiger partial charge on any atom is 0.282 e. The number of ether oxygens (including phenoxy) is 2. The van der Waals surface area contributed by atoms with E-state index in [1.54, 1.807) is 17.8 Å². The van der Waals surface area contributed by atoms with Crippen LogP contribution < -0.4 is 0 Å². The van der Waals surface area contributed by atoms with Gasteiger partial charge in [0.1, 0.15) is 29.1 Å². The highest BCUT2D eigenvalue weighted by Gasteiger charge is 2.28. The molecule has 4 aromatic carbocycles. The lowest BCUT2D eigenvalue weighted by atomic mass is 10.1. The topological polar surface area (TPSA) is 127 Å². The lowest BCUT2D eigenvalue weighted by Gasteiger charge is -2.16. The molecule has 12 nitrogen and oxygen atoms in total. The quantitative estimate of drug-likeness (QED) is 0.0627. The zero-order valence-corrected chi connectivity index (χ0v) is 39.7. The number of aromatic nitrogens is 8. The summed E-state index contributed by atoms with van der Waals surface area (Å²) in [6.45, 7) is 6.23. The summed E-state index contributed by atoms with van der Waals surface area (Å²) in [4.78, 5) is 10.5. The van der Waals surface area contributed by atoms with Crippen LogP contribution in [0.1, 0.15) is 111 Å². The highest BCUT2D eigenvalue weighted by atomic mass is 19.3. The number of rotatable bonds is 19. The van der Waals surface area contributed by atoms with E-state index in [9.17, 15) is 36.2 Å². The minimum absolute atomic E-state index is 0.0275. The van der Waals surface area contributed by atoms with Crippen molar-refractivity contribution in [2.24, 2.45) is 11.8 Å². The Morgan fingerprint density at radius 3 is 1.67 bits per heavy atom. The summed E-state index contributed by atoms with van der Waals surface area (Å²) in [6.07, 6.45) is 4.08. The second-order valence-corrected chi connectivity index (χ2v) is 17.9. The second kappa shape index (κ2) is 23.8. The first-order chi connectivity index (χ1) is 34.8. The van der Waals surface area contributed by atoms with Gasteiger partial charge in [-0.05, 0) is 111 Å². The van der Waals surface area contributed by atoms with Gasteiger partial charge in [-0.3, -0.25) is 14.2 Å². The molecule has 0 amide bonds. The molecule has 0 bridgehead atoms. The number of hydrogen-bond donors (Lipinski definition) is 1. The van der Waals surface area contributed by atoms with E-state index >= 15 is 0 Å². The molecule has 2 fully saturated rings. The lowest BCUT2D eigenvalue weighted by Crippen LogP contribution is -2.12. The van der Waals surface area contributed by atoms with Gasteiger partial charge in [-0.1, -0.05) is 60.7 Å². The van der Waals surface area contributed by atoms with Gasteiger partial charge in [0, 0.05) is 48.4 Å². The maximum atomic E-state index is 14.2. The predicted molar refractivity (Wildman–Crippen MR) is 256 cm³/mol. The van der Waals surface area contributed by atoms with E-state index in [4.69, 9.17) is 9.47 Å². The van der Waals surface area contributed by atoms with Crippen molar-refractivity contribution in [3.8, 4) is 11.4 Å². The van der Waals surface area contributed by atoms with E-state index in [2.05, 4.69) is 20.4 Å². The smallest absolute Gasteiger partial charge is 0.282 e. The number of halogens is 6. The number of nitrogens with zero attached hydrogens (tertiary/aromatic N) is 8. The molecule has 1 N–H and O–H groups in total. The van der Waals surface area contributed by atoms with Crippen LogP contribution in [-0.4, -0.2) is 50.5 Å². The third-order valence-electron chi connectivity index (χ3n) is 12.1. The Bertz CT molecular complexity index is 3020. The highest BCUT2D eigenvalue weighted by Crippen LogP contribution is 2.34. The molecule has 0 aliphatic heterocycles. The Kier molecular flexibility index (Phi) is 17.0. The summed E-state index contributed by atoms with van der Waals surface area (Å²) < 4.78 is 98.1. The van der Waals surface area contributed by atoms with Gasteiger partial charge in [0.05, 0.1) is 60.4 Å². The third-order valence-corrected chi connectivity index (χ3v) is 12.1. The number of carbonyl (C=O) groups is 1. The second-order valence-electron chi connectivity index (χ2n) is 17.9. The minimum atomic E-state index is -2.84. The highest BCUT2D eigenvalue weighted by molar-refractivity contribution is 5.75. The number of hydrogen-bond acceptors (Lipinski definition) is 8. The standard InChI is InChI=1S/C27H27F3N4O2.C18H15F3N2O.C9H12N2O/c1-17-22(14-33(31-17)13-18-7-8-18)26(35)25-12-23(27(29)30)32-34(25)24-10-9-21(28)11-20(24)16-36-15-19-5-3-2-4-6-19;19-15-6-7-17(23-9-8-16(22-23)18(20)21)14(10-15)12-24-11-13-4-2-1-3-5-13;1-7-9(6-12)5-11(10-7)4-8-2-3-8/h2-6,9-12,14,18,26-27,35H,7-8,13,15-16H2,1H3;1-10,18H,11-12H2;5-6,8H,2-4H2,1H3. The van der Waals surface area contributed by atoms with Crippen LogP contribution in [0.25, 0.3) is 11.4 Å². The van der Waals surface area contributed by atoms with Crippen LogP contribution in [0.3, 0.4) is 0 Å². The first kappa shape index (κ1) is 51.2. The van der Waals surface area contributed by atoms with Gasteiger partial charge in [-0.25, -0.2) is 35.7 Å². The van der Waals surface area contributed by atoms with Crippen molar-refractivity contribution in [2.45, 2.75) is 98.0 Å². The fourth-order valence-electron chi connectivity index (χ4n) is 7.90. The summed E-state index contributed by atoms with van der Waals surface area (Å²) in [7, 11) is 0. The molecule has 8 aromatic rings. The average Bonchev–Trinajstić information content (AvgIpc) is 4.15. The van der Waals surface area contributed by atoms with Crippen molar-refractivity contribution < 1.29 is 45.7 Å². The monoisotopic (exact) mass is 992 g/mol. The number of benzene rings is 4. The fourth-order valence-corrected chi connectivity index (χ4v) is 7.90. The summed E-state index contributed by atoms with van der Waals surface area (Å²) in [5.41, 5.74) is 5.80. The summed E-state index contributed by atoms with van der Waals surface area (Å²) in [5.74, 6) is 0.489. The molecule has 72 heavy (non-hydrogen) atoms. The van der Waals surface area contributed by atoms with Crippen LogP contribution in [-0.2, 0) is 49.0 Å². The van der Waals surface area contributed by atoms with Gasteiger partial charge in [0.15, 0.2) is 6.29 Å². The fraction of sp³-hybridized carbons (Fsp3) is 0.315. The Hall–Kier alpha value is -7.15. The van der Waals surface area contributed by atoms with Crippen molar-refractivity contribution >= 4 is 6.29 Å². The summed E-state index contributed by atoms with van der Waals surface area (Å²) in [5, 5.41) is 27.9. The molecular weight excluding hydrogens is 939 g/mol. The lowest BCUT2D eigenvalue weighted by molar-refractivity contribution is 0.106. The van der Waals surface area contributed by atoms with Crippen LogP contribution in [0.2, 0.25) is 0 Å². The number of aryl methyl sites for hydroxylation is 2. The molecule has 2 aliphatic carbocycles. The molecule has 2 aliphatic rings. The molecule has 4 aromatic heterocycles. The SMILES string of the molecule is Cc1nn(CC2CC2)cc1C(O)c1cc(C(F)F)nn1-c1ccc(F)cc1COCc1ccccc1.Cc1nn(CC2CC2)cc1C=O.Fc1ccc(-n2ccc(C(F)F)n2)c(COCc2ccccc2)c1. The average molecular weight is 993 g/mol. The van der Waals surface area contributed by atoms with E-state index in [-0.39, 0.29) is 24.6 Å². The molecular formula is C54H54F6N8O4. The number of aliphatic hydroxyl groups excluding tert-OH is 1. The van der Waals surface area contributed by atoms with Gasteiger partial charge in [0.25, 0.3) is 12.9 Å². The van der Waals surface area contributed by atoms with Crippen molar-refractivity contribution in [3.63, 3.8) is 0 Å².